The van der Waals surface area contributed by atoms with Crippen LogP contribution in [0.2, 0.25) is 0 Å². The lowest BCUT2D eigenvalue weighted by Crippen LogP contribution is -2.43. The van der Waals surface area contributed by atoms with Crippen LogP contribution in [-0.4, -0.2) is 38.2 Å². The fourth-order valence-electron chi connectivity index (χ4n) is 1.82. The number of nitrogens with one attached hydrogen (secondary N) is 1. The van der Waals surface area contributed by atoms with E-state index in [4.69, 9.17) is 0 Å². The summed E-state index contributed by atoms with van der Waals surface area (Å²) in [7, 11) is -2.86. The average molecular weight is 221 g/mol. The second-order valence-electron chi connectivity index (χ2n) is 4.49. The molecule has 2 aliphatic rings. The van der Waals surface area contributed by atoms with Gasteiger partial charge in [0.15, 0.2) is 9.84 Å². The van der Waals surface area contributed by atoms with E-state index in [0.29, 0.717) is 31.6 Å². The van der Waals surface area contributed by atoms with Crippen LogP contribution in [0.3, 0.4) is 0 Å². The maximum absolute atomic E-state index is 13.2. The highest BCUT2D eigenvalue weighted by Crippen LogP contribution is 2.39. The molecule has 2 fully saturated rings. The molecule has 0 bridgehead atoms. The topological polar surface area (TPSA) is 46.2 Å². The first kappa shape index (κ1) is 10.4. The third kappa shape index (κ3) is 2.67. The summed E-state index contributed by atoms with van der Waals surface area (Å²) in [4.78, 5) is 0. The van der Waals surface area contributed by atoms with E-state index in [0.717, 1.165) is 6.42 Å². The summed E-state index contributed by atoms with van der Waals surface area (Å²) < 4.78 is 35.8. The van der Waals surface area contributed by atoms with Crippen molar-refractivity contribution < 1.29 is 12.8 Å². The molecule has 14 heavy (non-hydrogen) atoms. The lowest BCUT2D eigenvalue weighted by molar-refractivity contribution is 0.282. The summed E-state index contributed by atoms with van der Waals surface area (Å²) >= 11 is 0. The molecule has 2 rings (SSSR count). The molecule has 0 amide bonds. The molecule has 5 heteroatoms. The molecule has 0 spiro atoms. The standard InChI is InChI=1S/C9H16FNO2S/c10-9(3-4-9)7-11-8-2-1-5-14(12,13)6-8/h8,11H,1-7H2. The average Bonchev–Trinajstić information content (AvgIpc) is 2.80. The van der Waals surface area contributed by atoms with Crippen LogP contribution in [0.5, 0.6) is 0 Å². The number of sulfone groups is 1. The summed E-state index contributed by atoms with van der Waals surface area (Å²) in [5, 5.41) is 3.03. The van der Waals surface area contributed by atoms with Crippen LogP contribution in [0.1, 0.15) is 25.7 Å². The summed E-state index contributed by atoms with van der Waals surface area (Å²) in [6, 6.07) is -0.0259. The smallest absolute Gasteiger partial charge is 0.151 e. The van der Waals surface area contributed by atoms with Gasteiger partial charge in [0.1, 0.15) is 5.67 Å². The molecule has 0 aromatic rings. The summed E-state index contributed by atoms with van der Waals surface area (Å²) in [5.74, 6) is 0.481. The van der Waals surface area contributed by atoms with Gasteiger partial charge in [-0.1, -0.05) is 0 Å². The third-order valence-electron chi connectivity index (χ3n) is 2.96. The van der Waals surface area contributed by atoms with E-state index in [2.05, 4.69) is 5.32 Å². The molecule has 82 valence electrons. The lowest BCUT2D eigenvalue weighted by Gasteiger charge is -2.23. The summed E-state index contributed by atoms with van der Waals surface area (Å²) in [6.07, 6.45) is 2.81. The first-order valence-corrected chi connectivity index (χ1v) is 6.94. The van der Waals surface area contributed by atoms with Gasteiger partial charge in [0.25, 0.3) is 0 Å². The predicted octanol–water partition coefficient (Wildman–Crippen LogP) is 0.655. The Labute approximate surface area is 84.0 Å². The number of hydrogen-bond donors (Lipinski definition) is 1. The van der Waals surface area contributed by atoms with E-state index in [1.54, 1.807) is 0 Å². The summed E-state index contributed by atoms with van der Waals surface area (Å²) in [5.41, 5.74) is -1.03. The molecule has 1 saturated carbocycles. The van der Waals surface area contributed by atoms with Gasteiger partial charge in [0.05, 0.1) is 11.5 Å². The van der Waals surface area contributed by atoms with Gasteiger partial charge >= 0.3 is 0 Å². The Hall–Kier alpha value is -0.160. The van der Waals surface area contributed by atoms with E-state index >= 15 is 0 Å². The maximum atomic E-state index is 13.2. The zero-order valence-electron chi connectivity index (χ0n) is 8.13. The van der Waals surface area contributed by atoms with Gasteiger partial charge in [-0.05, 0) is 25.7 Å². The highest BCUT2D eigenvalue weighted by atomic mass is 32.2. The minimum atomic E-state index is -2.86. The molecule has 3 nitrogen and oxygen atoms in total. The Morgan fingerprint density at radius 3 is 2.71 bits per heavy atom. The first-order valence-electron chi connectivity index (χ1n) is 5.12. The van der Waals surface area contributed by atoms with E-state index in [9.17, 15) is 12.8 Å². The Morgan fingerprint density at radius 2 is 2.14 bits per heavy atom. The van der Waals surface area contributed by atoms with Crippen molar-refractivity contribution in [3.8, 4) is 0 Å². The Balaban J connectivity index is 1.80. The van der Waals surface area contributed by atoms with Crippen molar-refractivity contribution in [2.24, 2.45) is 0 Å². The zero-order valence-corrected chi connectivity index (χ0v) is 8.95. The Morgan fingerprint density at radius 1 is 1.43 bits per heavy atom. The lowest BCUT2D eigenvalue weighted by atomic mass is 10.2. The van der Waals surface area contributed by atoms with Gasteiger partial charge in [0.2, 0.25) is 0 Å². The number of hydrogen-bond acceptors (Lipinski definition) is 3. The van der Waals surface area contributed by atoms with E-state index in [1.165, 1.54) is 0 Å². The van der Waals surface area contributed by atoms with Crippen molar-refractivity contribution in [2.75, 3.05) is 18.1 Å². The van der Waals surface area contributed by atoms with Crippen LogP contribution in [0.15, 0.2) is 0 Å². The number of halogens is 1. The molecular weight excluding hydrogens is 205 g/mol. The second kappa shape index (κ2) is 3.45. The molecule has 1 saturated heterocycles. The largest absolute Gasteiger partial charge is 0.310 e. The Bertz CT molecular complexity index is 311. The quantitative estimate of drug-likeness (QED) is 0.761. The van der Waals surface area contributed by atoms with Crippen LogP contribution < -0.4 is 5.32 Å². The fraction of sp³-hybridized carbons (Fsp3) is 1.00. The molecule has 1 heterocycles. The summed E-state index contributed by atoms with van der Waals surface area (Å²) in [6.45, 7) is 0.327. The highest BCUT2D eigenvalue weighted by molar-refractivity contribution is 7.91. The van der Waals surface area contributed by atoms with Gasteiger partial charge in [-0.2, -0.15) is 0 Å². The zero-order chi connectivity index (χ0) is 10.2. The minimum absolute atomic E-state index is 0.0259. The minimum Gasteiger partial charge on any atom is -0.310 e. The van der Waals surface area contributed by atoms with Gasteiger partial charge in [-0.3, -0.25) is 0 Å². The monoisotopic (exact) mass is 221 g/mol. The van der Waals surface area contributed by atoms with E-state index in [-0.39, 0.29) is 11.8 Å². The molecule has 1 aliphatic carbocycles. The van der Waals surface area contributed by atoms with E-state index < -0.39 is 15.5 Å². The molecule has 1 atom stereocenters. The van der Waals surface area contributed by atoms with Crippen molar-refractivity contribution in [1.29, 1.82) is 0 Å². The van der Waals surface area contributed by atoms with Crippen LogP contribution in [-0.2, 0) is 9.84 Å². The van der Waals surface area contributed by atoms with E-state index in [1.807, 2.05) is 0 Å². The maximum Gasteiger partial charge on any atom is 0.151 e. The molecular formula is C9H16FNO2S. The number of rotatable bonds is 3. The molecule has 1 N–H and O–H groups in total. The molecule has 1 unspecified atom stereocenters. The third-order valence-corrected chi connectivity index (χ3v) is 4.78. The van der Waals surface area contributed by atoms with Crippen LogP contribution in [0, 0.1) is 0 Å². The predicted molar refractivity (Wildman–Crippen MR) is 52.8 cm³/mol. The van der Waals surface area contributed by atoms with Gasteiger partial charge in [-0.25, -0.2) is 12.8 Å². The van der Waals surface area contributed by atoms with Crippen molar-refractivity contribution in [1.82, 2.24) is 5.32 Å². The van der Waals surface area contributed by atoms with Gasteiger partial charge < -0.3 is 5.32 Å². The molecule has 0 aromatic heterocycles. The van der Waals surface area contributed by atoms with Crippen molar-refractivity contribution in [2.45, 2.75) is 37.4 Å². The van der Waals surface area contributed by atoms with Crippen LogP contribution >= 0.6 is 0 Å². The van der Waals surface area contributed by atoms with Crippen molar-refractivity contribution >= 4 is 9.84 Å². The number of alkyl halides is 1. The van der Waals surface area contributed by atoms with Crippen LogP contribution in [0.25, 0.3) is 0 Å². The SMILES string of the molecule is O=S1(=O)CCCC(NCC2(F)CC2)C1. The first-order chi connectivity index (χ1) is 6.49. The molecule has 0 radical (unpaired) electrons. The highest BCUT2D eigenvalue weighted by Gasteiger charge is 2.43. The van der Waals surface area contributed by atoms with Gasteiger partial charge in [-0.15, -0.1) is 0 Å². The fourth-order valence-corrected chi connectivity index (χ4v) is 3.49. The van der Waals surface area contributed by atoms with Crippen molar-refractivity contribution in [3.63, 3.8) is 0 Å². The normalized spacial score (nSPS) is 33.9. The second-order valence-corrected chi connectivity index (χ2v) is 6.71. The van der Waals surface area contributed by atoms with Crippen molar-refractivity contribution in [3.05, 3.63) is 0 Å². The molecule has 0 aromatic carbocycles. The Kier molecular flexibility index (Phi) is 2.55. The van der Waals surface area contributed by atoms with Gasteiger partial charge in [0, 0.05) is 12.6 Å². The molecule has 1 aliphatic heterocycles. The van der Waals surface area contributed by atoms with Crippen LogP contribution in [0.4, 0.5) is 4.39 Å².